The molecule has 0 unspecified atom stereocenters. The van der Waals surface area contributed by atoms with Crippen LogP contribution in [0.2, 0.25) is 18.1 Å². The van der Waals surface area contributed by atoms with Crippen LogP contribution in [0.15, 0.2) is 42.5 Å². The zero-order valence-electron chi connectivity index (χ0n) is 18.3. The third kappa shape index (κ3) is 6.27. The lowest BCUT2D eigenvalue weighted by Crippen LogP contribution is -2.53. The zero-order valence-corrected chi connectivity index (χ0v) is 19.3. The van der Waals surface area contributed by atoms with Crippen molar-refractivity contribution in [1.29, 1.82) is 0 Å². The fraction of sp³-hybridized carbons (Fsp3) is 0.591. The summed E-state index contributed by atoms with van der Waals surface area (Å²) in [4.78, 5) is 12.7. The number of ether oxygens (including phenoxy) is 2. The van der Waals surface area contributed by atoms with Crippen LogP contribution in [0.5, 0.6) is 0 Å². The Bertz CT molecular complexity index is 636. The van der Waals surface area contributed by atoms with Gasteiger partial charge in [0.15, 0.2) is 13.9 Å². The minimum Gasteiger partial charge on any atom is -0.467 e. The summed E-state index contributed by atoms with van der Waals surface area (Å²) in [6.45, 7) is 13.1. The predicted octanol–water partition coefficient (Wildman–Crippen LogP) is 4.46. The summed E-state index contributed by atoms with van der Waals surface area (Å²) in [5.41, 5.74) is -0.617. The molecule has 0 saturated carbocycles. The highest BCUT2D eigenvalue weighted by molar-refractivity contribution is 6.74. The highest BCUT2D eigenvalue weighted by Crippen LogP contribution is 2.37. The van der Waals surface area contributed by atoms with Gasteiger partial charge in [-0.15, -0.1) is 0 Å². The number of esters is 1. The molecule has 28 heavy (non-hydrogen) atoms. The van der Waals surface area contributed by atoms with E-state index in [0.29, 0.717) is 6.61 Å². The molecule has 0 spiro atoms. The molecule has 0 saturated heterocycles. The molecule has 158 valence electrons. The lowest BCUT2D eigenvalue weighted by atomic mass is 9.92. The van der Waals surface area contributed by atoms with Crippen LogP contribution in [0.4, 0.5) is 0 Å². The number of hydrogen-bond acceptors (Lipinski definition) is 5. The Labute approximate surface area is 170 Å². The van der Waals surface area contributed by atoms with Gasteiger partial charge in [-0.3, -0.25) is 0 Å². The van der Waals surface area contributed by atoms with E-state index in [1.807, 2.05) is 30.3 Å². The number of hydrogen-bond donors (Lipinski definition) is 1. The Morgan fingerprint density at radius 1 is 1.21 bits per heavy atom. The maximum absolute atomic E-state index is 12.7. The lowest BCUT2D eigenvalue weighted by molar-refractivity contribution is -0.188. The Kier molecular flexibility index (Phi) is 9.08. The summed E-state index contributed by atoms with van der Waals surface area (Å²) >= 11 is 0. The van der Waals surface area contributed by atoms with Crippen molar-refractivity contribution in [2.75, 3.05) is 13.7 Å². The van der Waals surface area contributed by atoms with Crippen LogP contribution in [0.25, 0.3) is 0 Å². The number of carbonyl (C=O) groups is 1. The number of rotatable bonds is 10. The Balaban J connectivity index is 3.08. The van der Waals surface area contributed by atoms with Crippen molar-refractivity contribution < 1.29 is 23.8 Å². The summed E-state index contributed by atoms with van der Waals surface area (Å²) in [6.07, 6.45) is 2.30. The van der Waals surface area contributed by atoms with E-state index >= 15 is 0 Å². The summed E-state index contributed by atoms with van der Waals surface area (Å²) < 4.78 is 17.3. The second-order valence-corrected chi connectivity index (χ2v) is 13.3. The predicted molar refractivity (Wildman–Crippen MR) is 115 cm³/mol. The average molecular weight is 409 g/mol. The molecule has 5 nitrogen and oxygen atoms in total. The van der Waals surface area contributed by atoms with E-state index in [9.17, 15) is 9.90 Å². The van der Waals surface area contributed by atoms with Crippen molar-refractivity contribution in [1.82, 2.24) is 0 Å². The molecule has 0 aromatic heterocycles. The first-order valence-corrected chi connectivity index (χ1v) is 12.6. The Morgan fingerprint density at radius 2 is 1.82 bits per heavy atom. The number of benzene rings is 1. The van der Waals surface area contributed by atoms with E-state index in [-0.39, 0.29) is 18.1 Å². The van der Waals surface area contributed by atoms with Crippen LogP contribution in [0.3, 0.4) is 0 Å². The Morgan fingerprint density at radius 3 is 2.32 bits per heavy atom. The number of aliphatic hydroxyl groups is 1. The van der Waals surface area contributed by atoms with Gasteiger partial charge in [-0.05, 0) is 30.6 Å². The minimum atomic E-state index is -2.00. The highest BCUT2D eigenvalue weighted by atomic mass is 28.4. The van der Waals surface area contributed by atoms with Gasteiger partial charge in [0.2, 0.25) is 0 Å². The summed E-state index contributed by atoms with van der Waals surface area (Å²) in [7, 11) is -0.692. The molecule has 0 bridgehead atoms. The maximum atomic E-state index is 12.7. The van der Waals surface area contributed by atoms with Gasteiger partial charge >= 0.3 is 5.97 Å². The van der Waals surface area contributed by atoms with Gasteiger partial charge in [-0.25, -0.2) is 4.79 Å². The first-order valence-electron chi connectivity index (χ1n) is 9.71. The molecule has 0 aliphatic heterocycles. The third-order valence-electron chi connectivity index (χ3n) is 5.47. The maximum Gasteiger partial charge on any atom is 0.341 e. The SMILES string of the molecule is C/C=C/[C@@H](O)[C@](CCO[Si](C)(C)C(C)(C)C)(OCc1ccccc1)C(=O)OC. The second kappa shape index (κ2) is 10.3. The first kappa shape index (κ1) is 24.6. The normalized spacial score (nSPS) is 16.0. The molecule has 0 aliphatic carbocycles. The van der Waals surface area contributed by atoms with Crippen LogP contribution < -0.4 is 0 Å². The molecule has 0 aliphatic rings. The Hall–Kier alpha value is -1.47. The van der Waals surface area contributed by atoms with Gasteiger partial charge in [0, 0.05) is 13.0 Å². The number of allylic oxidation sites excluding steroid dienone is 1. The highest BCUT2D eigenvalue weighted by Gasteiger charge is 2.47. The van der Waals surface area contributed by atoms with Crippen molar-refractivity contribution in [3.8, 4) is 0 Å². The molecule has 1 N–H and O–H groups in total. The van der Waals surface area contributed by atoms with Gasteiger partial charge in [0.1, 0.15) is 6.10 Å². The van der Waals surface area contributed by atoms with Crippen LogP contribution in [-0.2, 0) is 25.3 Å². The standard InChI is InChI=1S/C22H36O5Si/c1-8-12-19(23)22(20(24)25-5,26-17-18-13-10-9-11-14-18)15-16-27-28(6,7)21(2,3)4/h8-14,19,23H,15-17H2,1-7H3/b12-8+/t19-,22+/m1/s1. The first-order chi connectivity index (χ1) is 13.0. The van der Waals surface area contributed by atoms with Crippen LogP contribution in [-0.4, -0.2) is 44.8 Å². The van der Waals surface area contributed by atoms with Crippen molar-refractivity contribution in [2.24, 2.45) is 0 Å². The monoisotopic (exact) mass is 408 g/mol. The van der Waals surface area contributed by atoms with Crippen LogP contribution in [0, 0.1) is 0 Å². The largest absolute Gasteiger partial charge is 0.467 e. The number of carbonyl (C=O) groups excluding carboxylic acids is 1. The fourth-order valence-electron chi connectivity index (χ4n) is 2.56. The molecule has 1 rings (SSSR count). The molecule has 6 heteroatoms. The topological polar surface area (TPSA) is 65.0 Å². The van der Waals surface area contributed by atoms with E-state index < -0.39 is 26.0 Å². The minimum absolute atomic E-state index is 0.0494. The fourth-order valence-corrected chi connectivity index (χ4v) is 3.60. The molecule has 1 aromatic carbocycles. The van der Waals surface area contributed by atoms with Crippen molar-refractivity contribution >= 4 is 14.3 Å². The van der Waals surface area contributed by atoms with E-state index in [2.05, 4.69) is 33.9 Å². The quantitative estimate of drug-likeness (QED) is 0.352. The van der Waals surface area contributed by atoms with Crippen LogP contribution in [0.1, 0.15) is 39.7 Å². The van der Waals surface area contributed by atoms with Gasteiger partial charge in [-0.1, -0.05) is 63.3 Å². The van der Waals surface area contributed by atoms with E-state index in [1.165, 1.54) is 7.11 Å². The molecule has 1 aromatic rings. The smallest absolute Gasteiger partial charge is 0.341 e. The van der Waals surface area contributed by atoms with Gasteiger partial charge in [0.25, 0.3) is 0 Å². The van der Waals surface area contributed by atoms with E-state index in [1.54, 1.807) is 19.1 Å². The molecule has 0 fully saturated rings. The second-order valence-electron chi connectivity index (χ2n) is 8.48. The van der Waals surface area contributed by atoms with E-state index in [0.717, 1.165) is 5.56 Å². The molecule has 0 radical (unpaired) electrons. The van der Waals surface area contributed by atoms with Crippen molar-refractivity contribution in [2.45, 2.75) is 70.6 Å². The van der Waals surface area contributed by atoms with Gasteiger partial charge in [-0.2, -0.15) is 0 Å². The summed E-state index contributed by atoms with van der Waals surface area (Å²) in [5.74, 6) is -0.604. The average Bonchev–Trinajstić information content (AvgIpc) is 2.64. The van der Waals surface area contributed by atoms with E-state index in [4.69, 9.17) is 13.9 Å². The number of aliphatic hydroxyl groups excluding tert-OH is 1. The van der Waals surface area contributed by atoms with Crippen molar-refractivity contribution in [3.63, 3.8) is 0 Å². The third-order valence-corrected chi connectivity index (χ3v) is 10.0. The van der Waals surface area contributed by atoms with Crippen LogP contribution >= 0.6 is 0 Å². The van der Waals surface area contributed by atoms with Gasteiger partial charge in [0.05, 0.1) is 13.7 Å². The van der Waals surface area contributed by atoms with Gasteiger partial charge < -0.3 is 19.0 Å². The molecule has 0 amide bonds. The summed E-state index contributed by atoms with van der Waals surface area (Å²) in [6, 6.07) is 9.55. The van der Waals surface area contributed by atoms with Crippen molar-refractivity contribution in [3.05, 3.63) is 48.0 Å². The lowest BCUT2D eigenvalue weighted by Gasteiger charge is -2.38. The zero-order chi connectivity index (χ0) is 21.4. The molecular weight excluding hydrogens is 372 g/mol. The molecular formula is C22H36O5Si. The molecule has 2 atom stereocenters. The summed E-state index contributed by atoms with van der Waals surface area (Å²) in [5, 5.41) is 10.8. The molecule has 0 heterocycles. The number of methoxy groups -OCH3 is 1.